The van der Waals surface area contributed by atoms with Crippen molar-refractivity contribution in [2.24, 2.45) is 0 Å². The Hall–Kier alpha value is -3.90. The summed E-state index contributed by atoms with van der Waals surface area (Å²) in [6, 6.07) is 40.8. The Bertz CT molecular complexity index is 1540. The molecule has 2 aliphatic rings. The third kappa shape index (κ3) is 2.26. The third-order valence-corrected chi connectivity index (χ3v) is 7.65. The SMILES string of the molecule is Cc1cc(C)c2c(c1)-c1ccccc1-c1ccccc1C21c2ccccc2-c2ccccc21. The number of fused-ring (bicyclic) bond motifs is 12. The molecule has 2 aliphatic carbocycles. The van der Waals surface area contributed by atoms with Gasteiger partial charge in [0.05, 0.1) is 5.41 Å². The lowest BCUT2D eigenvalue weighted by Crippen LogP contribution is -2.30. The van der Waals surface area contributed by atoms with Crippen LogP contribution in [-0.4, -0.2) is 0 Å². The van der Waals surface area contributed by atoms with E-state index in [1.54, 1.807) is 0 Å². The Morgan fingerprint density at radius 3 is 1.33 bits per heavy atom. The first-order chi connectivity index (χ1) is 16.2. The molecule has 0 N–H and O–H groups in total. The van der Waals surface area contributed by atoms with E-state index < -0.39 is 0 Å². The molecule has 0 heteroatoms. The lowest BCUT2D eigenvalue weighted by atomic mass is 9.64. The van der Waals surface area contributed by atoms with Crippen LogP contribution in [0.4, 0.5) is 0 Å². The Labute approximate surface area is 195 Å². The molecule has 5 aromatic rings. The predicted molar refractivity (Wildman–Crippen MR) is 138 cm³/mol. The fourth-order valence-electron chi connectivity index (χ4n) is 6.60. The smallest absolute Gasteiger partial charge is 0.0619 e. The molecule has 0 amide bonds. The highest BCUT2D eigenvalue weighted by molar-refractivity contribution is 5.97. The lowest BCUT2D eigenvalue weighted by Gasteiger charge is -2.36. The van der Waals surface area contributed by atoms with Crippen molar-refractivity contribution < 1.29 is 0 Å². The second-order valence-corrected chi connectivity index (χ2v) is 9.44. The fraction of sp³-hybridized carbons (Fsp3) is 0.0909. The average molecular weight is 421 g/mol. The largest absolute Gasteiger partial charge is 0.0728 e. The lowest BCUT2D eigenvalue weighted by molar-refractivity contribution is 0.767. The van der Waals surface area contributed by atoms with Crippen molar-refractivity contribution in [3.63, 3.8) is 0 Å². The van der Waals surface area contributed by atoms with Gasteiger partial charge in [0.1, 0.15) is 0 Å². The maximum Gasteiger partial charge on any atom is 0.0728 e. The summed E-state index contributed by atoms with van der Waals surface area (Å²) in [5.74, 6) is 0. The van der Waals surface area contributed by atoms with Crippen molar-refractivity contribution >= 4 is 0 Å². The van der Waals surface area contributed by atoms with Crippen LogP contribution in [0, 0.1) is 13.8 Å². The number of aryl methyl sites for hydroxylation is 2. The van der Waals surface area contributed by atoms with Crippen LogP contribution < -0.4 is 0 Å². The van der Waals surface area contributed by atoms with E-state index in [2.05, 4.69) is 123 Å². The van der Waals surface area contributed by atoms with Gasteiger partial charge in [-0.25, -0.2) is 0 Å². The van der Waals surface area contributed by atoms with Crippen molar-refractivity contribution in [2.75, 3.05) is 0 Å². The van der Waals surface area contributed by atoms with Crippen LogP contribution >= 0.6 is 0 Å². The summed E-state index contributed by atoms with van der Waals surface area (Å²) in [5.41, 5.74) is 15.9. The summed E-state index contributed by atoms with van der Waals surface area (Å²) in [7, 11) is 0. The van der Waals surface area contributed by atoms with Crippen molar-refractivity contribution in [1.29, 1.82) is 0 Å². The molecule has 0 saturated heterocycles. The number of benzene rings is 5. The minimum absolute atomic E-state index is 0.351. The minimum atomic E-state index is -0.351. The van der Waals surface area contributed by atoms with Crippen LogP contribution in [0.25, 0.3) is 33.4 Å². The quantitative estimate of drug-likeness (QED) is 0.231. The summed E-state index contributed by atoms with van der Waals surface area (Å²) >= 11 is 0. The third-order valence-electron chi connectivity index (χ3n) is 7.65. The highest BCUT2D eigenvalue weighted by Crippen LogP contribution is 2.61. The van der Waals surface area contributed by atoms with Gasteiger partial charge >= 0.3 is 0 Å². The second-order valence-electron chi connectivity index (χ2n) is 9.44. The Morgan fingerprint density at radius 2 is 0.818 bits per heavy atom. The molecule has 1 spiro atoms. The van der Waals surface area contributed by atoms with Crippen molar-refractivity contribution in [2.45, 2.75) is 19.3 Å². The topological polar surface area (TPSA) is 0 Å². The van der Waals surface area contributed by atoms with Gasteiger partial charge in [-0.3, -0.25) is 0 Å². The van der Waals surface area contributed by atoms with Crippen LogP contribution in [0.2, 0.25) is 0 Å². The van der Waals surface area contributed by atoms with E-state index in [0.29, 0.717) is 0 Å². The molecular formula is C33H24. The molecule has 0 unspecified atom stereocenters. The van der Waals surface area contributed by atoms with Crippen molar-refractivity contribution in [1.82, 2.24) is 0 Å². The van der Waals surface area contributed by atoms with Gasteiger partial charge in [-0.15, -0.1) is 0 Å². The normalized spacial score (nSPS) is 14.0. The van der Waals surface area contributed by atoms with Crippen molar-refractivity contribution in [3.8, 4) is 33.4 Å². The average Bonchev–Trinajstić information content (AvgIpc) is 3.08. The van der Waals surface area contributed by atoms with E-state index in [1.165, 1.54) is 66.8 Å². The summed E-state index contributed by atoms with van der Waals surface area (Å²) in [4.78, 5) is 0. The Kier molecular flexibility index (Phi) is 3.71. The molecule has 0 atom stereocenters. The molecule has 0 nitrogen and oxygen atoms in total. The molecule has 0 heterocycles. The molecule has 33 heavy (non-hydrogen) atoms. The molecule has 5 aromatic carbocycles. The van der Waals surface area contributed by atoms with Crippen LogP contribution in [0.1, 0.15) is 33.4 Å². The number of hydrogen-bond donors (Lipinski definition) is 0. The minimum Gasteiger partial charge on any atom is -0.0619 e. The van der Waals surface area contributed by atoms with Gasteiger partial charge in [0, 0.05) is 0 Å². The van der Waals surface area contributed by atoms with Crippen LogP contribution in [0.3, 0.4) is 0 Å². The Morgan fingerprint density at radius 1 is 0.424 bits per heavy atom. The van der Waals surface area contributed by atoms with Gasteiger partial charge < -0.3 is 0 Å². The van der Waals surface area contributed by atoms with E-state index >= 15 is 0 Å². The Balaban J connectivity index is 1.80. The van der Waals surface area contributed by atoms with Gasteiger partial charge in [-0.2, -0.15) is 0 Å². The van der Waals surface area contributed by atoms with E-state index in [0.717, 1.165) is 0 Å². The van der Waals surface area contributed by atoms with E-state index in [1.807, 2.05) is 0 Å². The first kappa shape index (κ1) is 18.7. The molecule has 0 fully saturated rings. The van der Waals surface area contributed by atoms with Gasteiger partial charge in [0.15, 0.2) is 0 Å². The number of hydrogen-bond acceptors (Lipinski definition) is 0. The van der Waals surface area contributed by atoms with Gasteiger partial charge in [-0.1, -0.05) is 115 Å². The zero-order valence-electron chi connectivity index (χ0n) is 18.9. The highest BCUT2D eigenvalue weighted by Gasteiger charge is 2.50. The highest BCUT2D eigenvalue weighted by atomic mass is 14.5. The van der Waals surface area contributed by atoms with Crippen LogP contribution in [0.15, 0.2) is 109 Å². The van der Waals surface area contributed by atoms with Gasteiger partial charge in [-0.05, 0) is 75.0 Å². The maximum absolute atomic E-state index is 2.40. The van der Waals surface area contributed by atoms with Gasteiger partial charge in [0.2, 0.25) is 0 Å². The van der Waals surface area contributed by atoms with Crippen LogP contribution in [-0.2, 0) is 5.41 Å². The molecule has 7 rings (SSSR count). The molecule has 156 valence electrons. The first-order valence-electron chi connectivity index (χ1n) is 11.7. The van der Waals surface area contributed by atoms with E-state index in [4.69, 9.17) is 0 Å². The summed E-state index contributed by atoms with van der Waals surface area (Å²) in [5, 5.41) is 0. The summed E-state index contributed by atoms with van der Waals surface area (Å²) in [6.07, 6.45) is 0. The summed E-state index contributed by atoms with van der Waals surface area (Å²) in [6.45, 7) is 4.52. The molecule has 0 radical (unpaired) electrons. The molecule has 0 bridgehead atoms. The fourth-order valence-corrected chi connectivity index (χ4v) is 6.60. The molecule has 0 aliphatic heterocycles. The molecular weight excluding hydrogens is 396 g/mol. The molecule has 0 saturated carbocycles. The van der Waals surface area contributed by atoms with Crippen molar-refractivity contribution in [3.05, 3.63) is 143 Å². The van der Waals surface area contributed by atoms with E-state index in [9.17, 15) is 0 Å². The summed E-state index contributed by atoms with van der Waals surface area (Å²) < 4.78 is 0. The monoisotopic (exact) mass is 420 g/mol. The maximum atomic E-state index is 2.40. The predicted octanol–water partition coefficient (Wildman–Crippen LogP) is 8.31. The standard InChI is InChI=1S/C33H24/c1-21-19-22(2)32-28(20-21)24-12-4-3-11-23(24)25-13-5-8-16-29(25)33(32)30-17-9-6-14-26(30)27-15-7-10-18-31(27)33/h3-20H,1-2H3. The zero-order chi connectivity index (χ0) is 22.2. The van der Waals surface area contributed by atoms with Gasteiger partial charge in [0.25, 0.3) is 0 Å². The molecule has 0 aromatic heterocycles. The van der Waals surface area contributed by atoms with Crippen LogP contribution in [0.5, 0.6) is 0 Å². The number of rotatable bonds is 0. The zero-order valence-corrected chi connectivity index (χ0v) is 18.9. The first-order valence-corrected chi connectivity index (χ1v) is 11.7. The second kappa shape index (κ2) is 6.56. The van der Waals surface area contributed by atoms with E-state index in [-0.39, 0.29) is 5.41 Å².